The first-order valence-corrected chi connectivity index (χ1v) is 10.2. The minimum atomic E-state index is -0.431. The number of carbonyl (C=O) groups is 1. The lowest BCUT2D eigenvalue weighted by Gasteiger charge is -2.27. The van der Waals surface area contributed by atoms with E-state index in [9.17, 15) is 4.79 Å². The van der Waals surface area contributed by atoms with Gasteiger partial charge < -0.3 is 0 Å². The van der Waals surface area contributed by atoms with Crippen LogP contribution >= 0.6 is 0 Å². The predicted octanol–water partition coefficient (Wildman–Crippen LogP) is 4.28. The Morgan fingerprint density at radius 2 is 1.70 bits per heavy atom. The van der Waals surface area contributed by atoms with Gasteiger partial charge in [0, 0.05) is 6.42 Å². The molecule has 0 saturated heterocycles. The number of aromatic nitrogens is 3. The summed E-state index contributed by atoms with van der Waals surface area (Å²) in [7, 11) is 0. The van der Waals surface area contributed by atoms with Gasteiger partial charge >= 0.3 is 0 Å². The van der Waals surface area contributed by atoms with Gasteiger partial charge in [-0.15, -0.1) is 5.10 Å². The molecule has 154 valence electrons. The highest BCUT2D eigenvalue weighted by molar-refractivity contribution is 6.05. The fourth-order valence-electron chi connectivity index (χ4n) is 3.96. The summed E-state index contributed by atoms with van der Waals surface area (Å²) in [5.41, 5.74) is 6.15. The van der Waals surface area contributed by atoms with Gasteiger partial charge in [0.15, 0.2) is 5.69 Å². The van der Waals surface area contributed by atoms with Crippen LogP contribution < -0.4 is 0 Å². The van der Waals surface area contributed by atoms with Crippen LogP contribution in [-0.4, -0.2) is 37.2 Å². The maximum atomic E-state index is 13.4. The van der Waals surface area contributed by atoms with Crippen molar-refractivity contribution in [2.24, 2.45) is 5.10 Å². The molecule has 1 aliphatic rings. The van der Waals surface area contributed by atoms with Crippen LogP contribution in [0, 0.1) is 20.8 Å². The molecule has 0 fully saturated rings. The lowest BCUT2D eigenvalue weighted by atomic mass is 9.93. The summed E-state index contributed by atoms with van der Waals surface area (Å²) in [6.07, 6.45) is 0.693. The van der Waals surface area contributed by atoms with E-state index >= 15 is 0 Å². The molecule has 30 heavy (non-hydrogen) atoms. The van der Waals surface area contributed by atoms with Gasteiger partial charge in [0.05, 0.1) is 23.5 Å². The smallest absolute Gasteiger partial charge is 0.265 e. The highest BCUT2D eigenvalue weighted by Crippen LogP contribution is 2.31. The van der Waals surface area contributed by atoms with Crippen LogP contribution in [0.1, 0.15) is 58.7 Å². The summed E-state index contributed by atoms with van der Waals surface area (Å²) in [4.78, 5) is 13.4. The Bertz CT molecular complexity index is 1110. The van der Waals surface area contributed by atoms with Crippen LogP contribution in [-0.2, 0) is 6.54 Å². The number of carbonyl (C=O) groups excluding carboxylic acids is 1. The zero-order valence-electron chi connectivity index (χ0n) is 18.2. The van der Waals surface area contributed by atoms with Crippen LogP contribution in [0.5, 0.6) is 0 Å². The van der Waals surface area contributed by atoms with Gasteiger partial charge in [0.1, 0.15) is 0 Å². The van der Waals surface area contributed by atoms with Gasteiger partial charge in [-0.3, -0.25) is 4.79 Å². The van der Waals surface area contributed by atoms with Crippen molar-refractivity contribution in [1.29, 1.82) is 0 Å². The minimum absolute atomic E-state index is 0.212. The van der Waals surface area contributed by atoms with E-state index in [1.54, 1.807) is 9.69 Å². The Morgan fingerprint density at radius 1 is 1.03 bits per heavy atom. The van der Waals surface area contributed by atoms with E-state index < -0.39 is 5.54 Å². The van der Waals surface area contributed by atoms with Crippen LogP contribution in [0.25, 0.3) is 0 Å². The average molecular weight is 402 g/mol. The maximum absolute atomic E-state index is 13.4. The van der Waals surface area contributed by atoms with Gasteiger partial charge in [-0.2, -0.15) is 5.10 Å². The summed E-state index contributed by atoms with van der Waals surface area (Å²) in [6.45, 7) is 10.7. The summed E-state index contributed by atoms with van der Waals surface area (Å²) in [5.74, 6) is -0.212. The molecule has 0 unspecified atom stereocenters. The molecule has 2 aromatic carbocycles. The molecule has 0 spiro atoms. The molecular formula is C24H27N5O. The molecule has 1 aliphatic heterocycles. The third-order valence-electron chi connectivity index (χ3n) is 5.50. The van der Waals surface area contributed by atoms with Crippen molar-refractivity contribution < 1.29 is 4.79 Å². The summed E-state index contributed by atoms with van der Waals surface area (Å²) in [5, 5.41) is 14.7. The van der Waals surface area contributed by atoms with E-state index in [1.807, 2.05) is 51.1 Å². The molecule has 0 atom stereocenters. The topological polar surface area (TPSA) is 63.4 Å². The molecule has 6 heteroatoms. The summed E-state index contributed by atoms with van der Waals surface area (Å²) in [6, 6.07) is 16.4. The van der Waals surface area contributed by atoms with E-state index in [0.29, 0.717) is 18.7 Å². The highest BCUT2D eigenvalue weighted by atomic mass is 16.2. The highest BCUT2D eigenvalue weighted by Gasteiger charge is 2.40. The van der Waals surface area contributed by atoms with Crippen LogP contribution in [0.3, 0.4) is 0 Å². The van der Waals surface area contributed by atoms with Gasteiger partial charge in [0.2, 0.25) is 0 Å². The number of nitrogens with zero attached hydrogens (tertiary/aromatic N) is 5. The summed E-state index contributed by atoms with van der Waals surface area (Å²) < 4.78 is 1.76. The standard InChI is InChI=1S/C24H27N5O/c1-16-11-17(2)13-20(12-16)21-14-24(4,5)29(26-21)23(30)22-18(3)28(27-25-22)15-19-9-7-6-8-10-19/h6-13H,14-15H2,1-5H3. The second kappa shape index (κ2) is 7.52. The number of rotatable bonds is 4. The molecule has 0 N–H and O–H groups in total. The molecule has 3 aromatic rings. The van der Waals surface area contributed by atoms with E-state index in [4.69, 9.17) is 5.10 Å². The van der Waals surface area contributed by atoms with Gasteiger partial charge in [-0.05, 0) is 45.7 Å². The van der Waals surface area contributed by atoms with E-state index in [0.717, 1.165) is 22.5 Å². The molecular weight excluding hydrogens is 374 g/mol. The number of amides is 1. The van der Waals surface area contributed by atoms with Crippen LogP contribution in [0.15, 0.2) is 53.6 Å². The van der Waals surface area contributed by atoms with Crippen molar-refractivity contribution in [2.45, 2.75) is 53.1 Å². The molecule has 0 radical (unpaired) electrons. The third-order valence-corrected chi connectivity index (χ3v) is 5.50. The Balaban J connectivity index is 1.63. The fourth-order valence-corrected chi connectivity index (χ4v) is 3.96. The first-order valence-electron chi connectivity index (χ1n) is 10.2. The van der Waals surface area contributed by atoms with Crippen LogP contribution in [0.4, 0.5) is 0 Å². The maximum Gasteiger partial charge on any atom is 0.296 e. The van der Waals surface area contributed by atoms with E-state index in [2.05, 4.69) is 42.4 Å². The Hall–Kier alpha value is -3.28. The van der Waals surface area contributed by atoms with E-state index in [1.165, 1.54) is 11.1 Å². The average Bonchev–Trinajstić information content (AvgIpc) is 3.21. The lowest BCUT2D eigenvalue weighted by Crippen LogP contribution is -2.41. The van der Waals surface area contributed by atoms with Gasteiger partial charge in [-0.1, -0.05) is 64.9 Å². The number of aryl methyl sites for hydroxylation is 2. The SMILES string of the molecule is Cc1cc(C)cc(C2=NN(C(=O)c3nnn(Cc4ccccc4)c3C)C(C)(C)C2)c1. The Morgan fingerprint density at radius 3 is 2.37 bits per heavy atom. The van der Waals surface area contributed by atoms with Gasteiger partial charge in [0.25, 0.3) is 5.91 Å². The predicted molar refractivity (Wildman–Crippen MR) is 118 cm³/mol. The third kappa shape index (κ3) is 3.77. The second-order valence-corrected chi connectivity index (χ2v) is 8.70. The first kappa shape index (κ1) is 20.0. The normalized spacial score (nSPS) is 15.4. The fraction of sp³-hybridized carbons (Fsp3) is 0.333. The zero-order valence-corrected chi connectivity index (χ0v) is 18.2. The number of benzene rings is 2. The molecule has 1 aromatic heterocycles. The molecule has 1 amide bonds. The minimum Gasteiger partial charge on any atom is -0.265 e. The van der Waals surface area contributed by atoms with Crippen LogP contribution in [0.2, 0.25) is 0 Å². The second-order valence-electron chi connectivity index (χ2n) is 8.70. The largest absolute Gasteiger partial charge is 0.296 e. The van der Waals surface area contributed by atoms with Crippen molar-refractivity contribution in [3.63, 3.8) is 0 Å². The van der Waals surface area contributed by atoms with Crippen molar-refractivity contribution in [1.82, 2.24) is 20.0 Å². The molecule has 6 nitrogen and oxygen atoms in total. The van der Waals surface area contributed by atoms with Crippen molar-refractivity contribution in [2.75, 3.05) is 0 Å². The van der Waals surface area contributed by atoms with Crippen molar-refractivity contribution >= 4 is 11.6 Å². The monoisotopic (exact) mass is 401 g/mol. The lowest BCUT2D eigenvalue weighted by molar-refractivity contribution is 0.0605. The molecule has 2 heterocycles. The molecule has 0 saturated carbocycles. The van der Waals surface area contributed by atoms with Crippen molar-refractivity contribution in [3.8, 4) is 0 Å². The molecule has 0 aliphatic carbocycles. The zero-order chi connectivity index (χ0) is 21.5. The summed E-state index contributed by atoms with van der Waals surface area (Å²) >= 11 is 0. The number of hydrazone groups is 1. The first-order chi connectivity index (χ1) is 14.2. The van der Waals surface area contributed by atoms with Crippen molar-refractivity contribution in [3.05, 3.63) is 82.2 Å². The number of hydrogen-bond acceptors (Lipinski definition) is 4. The molecule has 4 rings (SSSR count). The Labute approximate surface area is 177 Å². The Kier molecular flexibility index (Phi) is 5.02. The quantitative estimate of drug-likeness (QED) is 0.655. The van der Waals surface area contributed by atoms with Gasteiger partial charge in [-0.25, -0.2) is 9.69 Å². The number of hydrogen-bond donors (Lipinski definition) is 0. The van der Waals surface area contributed by atoms with E-state index in [-0.39, 0.29) is 5.91 Å². The molecule has 0 bridgehead atoms.